The summed E-state index contributed by atoms with van der Waals surface area (Å²) in [6.07, 6.45) is 5.68. The summed E-state index contributed by atoms with van der Waals surface area (Å²) in [6, 6.07) is 0.0392. The molecule has 0 aromatic carbocycles. The van der Waals surface area contributed by atoms with Crippen LogP contribution in [0.2, 0.25) is 0 Å². The number of aryl methyl sites for hydroxylation is 1. The third-order valence-electron chi connectivity index (χ3n) is 5.13. The third kappa shape index (κ3) is 5.39. The molecule has 2 heterocycles. The standard InChI is InChI=1S/C16H29N5O2S.ClH/c1-3-5-8-24(22,23)19-15-10-20(9-14(15)13-6-7-13)11-16-17-12-18-21(16)4-2;/h12-15,19H,3-11H2,1-2H3;1H/t14-,15+;/m1./s1. The van der Waals surface area contributed by atoms with Crippen molar-refractivity contribution in [2.24, 2.45) is 11.8 Å². The molecule has 0 unspecified atom stereocenters. The second-order valence-electron chi connectivity index (χ2n) is 7.08. The van der Waals surface area contributed by atoms with Crippen molar-refractivity contribution in [3.8, 4) is 0 Å². The monoisotopic (exact) mass is 391 g/mol. The topological polar surface area (TPSA) is 80.1 Å². The van der Waals surface area contributed by atoms with E-state index in [0.29, 0.717) is 11.8 Å². The van der Waals surface area contributed by atoms with Crippen LogP contribution in [0.1, 0.15) is 45.4 Å². The number of nitrogens with one attached hydrogen (secondary N) is 1. The van der Waals surface area contributed by atoms with Gasteiger partial charge in [0.15, 0.2) is 0 Å². The van der Waals surface area contributed by atoms with Gasteiger partial charge >= 0.3 is 0 Å². The molecule has 0 radical (unpaired) electrons. The molecule has 1 aromatic heterocycles. The van der Waals surface area contributed by atoms with Crippen LogP contribution in [-0.4, -0.2) is 53.0 Å². The van der Waals surface area contributed by atoms with Crippen molar-refractivity contribution < 1.29 is 8.42 Å². The number of hydrogen-bond donors (Lipinski definition) is 1. The van der Waals surface area contributed by atoms with Crippen LogP contribution in [0.15, 0.2) is 6.33 Å². The van der Waals surface area contributed by atoms with Gasteiger partial charge in [-0.05, 0) is 38.0 Å². The Morgan fingerprint density at radius 3 is 2.68 bits per heavy atom. The minimum absolute atomic E-state index is 0. The maximum absolute atomic E-state index is 12.3. The Balaban J connectivity index is 0.00000225. The summed E-state index contributed by atoms with van der Waals surface area (Å²) < 4.78 is 29.5. The molecule has 2 atom stereocenters. The lowest BCUT2D eigenvalue weighted by Gasteiger charge is -2.19. The van der Waals surface area contributed by atoms with Crippen molar-refractivity contribution >= 4 is 22.4 Å². The van der Waals surface area contributed by atoms with Crippen LogP contribution in [0, 0.1) is 11.8 Å². The molecule has 2 aliphatic rings. The van der Waals surface area contributed by atoms with Crippen LogP contribution in [0.25, 0.3) is 0 Å². The highest BCUT2D eigenvalue weighted by atomic mass is 35.5. The Kier molecular flexibility index (Phi) is 7.25. The van der Waals surface area contributed by atoms with Crippen LogP contribution in [0.3, 0.4) is 0 Å². The molecule has 3 rings (SSSR count). The molecule has 7 nitrogen and oxygen atoms in total. The number of halogens is 1. The number of hydrogen-bond acceptors (Lipinski definition) is 5. The first kappa shape index (κ1) is 20.6. The molecule has 1 aromatic rings. The molecule has 0 spiro atoms. The Labute approximate surface area is 157 Å². The fraction of sp³-hybridized carbons (Fsp3) is 0.875. The molecular formula is C16H30ClN5O2S. The first-order valence-electron chi connectivity index (χ1n) is 9.11. The van der Waals surface area contributed by atoms with Crippen molar-refractivity contribution in [2.45, 2.75) is 58.7 Å². The van der Waals surface area contributed by atoms with E-state index in [2.05, 4.69) is 26.6 Å². The lowest BCUT2D eigenvalue weighted by atomic mass is 9.99. The Morgan fingerprint density at radius 1 is 1.28 bits per heavy atom. The lowest BCUT2D eigenvalue weighted by Crippen LogP contribution is -2.42. The quantitative estimate of drug-likeness (QED) is 0.692. The first-order chi connectivity index (χ1) is 11.5. The summed E-state index contributed by atoms with van der Waals surface area (Å²) >= 11 is 0. The molecule has 1 aliphatic carbocycles. The maximum atomic E-state index is 12.3. The normalized spacial score (nSPS) is 24.4. The fourth-order valence-corrected chi connectivity index (χ4v) is 5.17. The summed E-state index contributed by atoms with van der Waals surface area (Å²) in [7, 11) is -3.17. The highest BCUT2D eigenvalue weighted by Gasteiger charge is 2.43. The number of aromatic nitrogens is 3. The molecule has 0 bridgehead atoms. The number of likely N-dealkylation sites (tertiary alicyclic amines) is 1. The first-order valence-corrected chi connectivity index (χ1v) is 10.8. The molecule has 2 fully saturated rings. The van der Waals surface area contributed by atoms with Gasteiger partial charge in [0.25, 0.3) is 0 Å². The number of rotatable bonds is 9. The fourth-order valence-electron chi connectivity index (χ4n) is 3.67. The molecular weight excluding hydrogens is 362 g/mol. The van der Waals surface area contributed by atoms with Gasteiger partial charge in [-0.2, -0.15) is 5.10 Å². The zero-order chi connectivity index (χ0) is 17.2. The smallest absolute Gasteiger partial charge is 0.211 e. The van der Waals surface area contributed by atoms with E-state index in [4.69, 9.17) is 0 Å². The van der Waals surface area contributed by atoms with Gasteiger partial charge in [0.2, 0.25) is 10.0 Å². The van der Waals surface area contributed by atoms with Gasteiger partial charge in [-0.15, -0.1) is 12.4 Å². The van der Waals surface area contributed by atoms with E-state index in [9.17, 15) is 8.42 Å². The van der Waals surface area contributed by atoms with Gasteiger partial charge in [0.1, 0.15) is 12.2 Å². The average Bonchev–Trinajstić information content (AvgIpc) is 3.17. The summed E-state index contributed by atoms with van der Waals surface area (Å²) in [4.78, 5) is 6.67. The predicted octanol–water partition coefficient (Wildman–Crippen LogP) is 1.65. The maximum Gasteiger partial charge on any atom is 0.211 e. The minimum Gasteiger partial charge on any atom is -0.294 e. The van der Waals surface area contributed by atoms with Gasteiger partial charge in [-0.1, -0.05) is 13.3 Å². The summed E-state index contributed by atoms with van der Waals surface area (Å²) in [5, 5.41) is 4.22. The second-order valence-corrected chi connectivity index (χ2v) is 8.96. The van der Waals surface area contributed by atoms with Crippen LogP contribution < -0.4 is 4.72 Å². The van der Waals surface area contributed by atoms with E-state index in [1.165, 1.54) is 12.8 Å². The van der Waals surface area contributed by atoms with E-state index in [1.54, 1.807) is 6.33 Å². The van der Waals surface area contributed by atoms with E-state index < -0.39 is 10.0 Å². The van der Waals surface area contributed by atoms with E-state index in [1.807, 2.05) is 11.6 Å². The molecule has 9 heteroatoms. The summed E-state index contributed by atoms with van der Waals surface area (Å²) in [5.41, 5.74) is 0. The third-order valence-corrected chi connectivity index (χ3v) is 6.61. The van der Waals surface area contributed by atoms with Gasteiger partial charge in [0.05, 0.1) is 12.3 Å². The summed E-state index contributed by atoms with van der Waals surface area (Å²) in [5.74, 6) is 2.31. The van der Waals surface area contributed by atoms with Gasteiger partial charge in [-0.25, -0.2) is 22.8 Å². The van der Waals surface area contributed by atoms with Gasteiger partial charge in [-0.3, -0.25) is 4.90 Å². The van der Waals surface area contributed by atoms with E-state index in [-0.39, 0.29) is 24.2 Å². The van der Waals surface area contributed by atoms with Crippen molar-refractivity contribution in [2.75, 3.05) is 18.8 Å². The largest absolute Gasteiger partial charge is 0.294 e. The Bertz CT molecular complexity index is 647. The van der Waals surface area contributed by atoms with Crippen LogP contribution in [-0.2, 0) is 23.1 Å². The Hall–Kier alpha value is -0.700. The molecule has 1 saturated heterocycles. The molecule has 1 N–H and O–H groups in total. The second kappa shape index (κ2) is 8.79. The highest BCUT2D eigenvalue weighted by Crippen LogP contribution is 2.41. The SMILES string of the molecule is CCCCS(=O)(=O)N[C@H]1CN(Cc2ncnn2CC)C[C@@H]1C1CC1.Cl. The van der Waals surface area contributed by atoms with Gasteiger partial charge in [0, 0.05) is 25.7 Å². The minimum atomic E-state index is -3.17. The number of nitrogens with zero attached hydrogens (tertiary/aromatic N) is 4. The molecule has 1 saturated carbocycles. The lowest BCUT2D eigenvalue weighted by molar-refractivity contribution is 0.295. The molecule has 144 valence electrons. The van der Waals surface area contributed by atoms with Crippen molar-refractivity contribution in [3.63, 3.8) is 0 Å². The van der Waals surface area contributed by atoms with Crippen LogP contribution >= 0.6 is 12.4 Å². The zero-order valence-corrected chi connectivity index (χ0v) is 16.7. The average molecular weight is 392 g/mol. The predicted molar refractivity (Wildman–Crippen MR) is 100 cm³/mol. The summed E-state index contributed by atoms with van der Waals surface area (Å²) in [6.45, 7) is 7.33. The van der Waals surface area contributed by atoms with E-state index in [0.717, 1.165) is 44.8 Å². The zero-order valence-electron chi connectivity index (χ0n) is 15.1. The number of unbranched alkanes of at least 4 members (excludes halogenated alkanes) is 1. The molecule has 25 heavy (non-hydrogen) atoms. The van der Waals surface area contributed by atoms with Crippen LogP contribution in [0.5, 0.6) is 0 Å². The van der Waals surface area contributed by atoms with Crippen molar-refractivity contribution in [3.05, 3.63) is 12.2 Å². The van der Waals surface area contributed by atoms with Crippen molar-refractivity contribution in [1.82, 2.24) is 24.4 Å². The highest BCUT2D eigenvalue weighted by molar-refractivity contribution is 7.89. The van der Waals surface area contributed by atoms with Gasteiger partial charge < -0.3 is 0 Å². The molecule has 0 amide bonds. The van der Waals surface area contributed by atoms with Crippen molar-refractivity contribution in [1.29, 1.82) is 0 Å². The van der Waals surface area contributed by atoms with Crippen LogP contribution in [0.4, 0.5) is 0 Å². The molecule has 1 aliphatic heterocycles. The Morgan fingerprint density at radius 2 is 2.04 bits per heavy atom. The van der Waals surface area contributed by atoms with E-state index >= 15 is 0 Å². The number of sulfonamides is 1.